The van der Waals surface area contributed by atoms with Gasteiger partial charge in [0.25, 0.3) is 0 Å². The van der Waals surface area contributed by atoms with Crippen molar-refractivity contribution in [3.05, 3.63) is 29.8 Å². The lowest BCUT2D eigenvalue weighted by Crippen LogP contribution is -2.26. The normalized spacial score (nSPS) is 17.1. The topological polar surface area (TPSA) is 23.5 Å². The van der Waals surface area contributed by atoms with Gasteiger partial charge in [0.2, 0.25) is 0 Å². The maximum Gasteiger partial charge on any atom is 0.0681 e. The van der Waals surface area contributed by atoms with Crippen molar-refractivity contribution in [3.63, 3.8) is 0 Å². The minimum atomic E-state index is 0.132. The van der Waals surface area contributed by atoms with E-state index in [4.69, 9.17) is 5.11 Å². The van der Waals surface area contributed by atoms with Gasteiger partial charge in [-0.3, -0.25) is 0 Å². The number of aliphatic hydroxyl groups excluding tert-OH is 1. The third kappa shape index (κ3) is 3.47. The molecule has 1 aromatic carbocycles. The second-order valence-corrected chi connectivity index (χ2v) is 5.21. The highest BCUT2D eigenvalue weighted by atomic mass is 16.3. The summed E-state index contributed by atoms with van der Waals surface area (Å²) in [5.41, 5.74) is 2.24. The maximum atomic E-state index is 9.01. The molecule has 2 rings (SSSR count). The van der Waals surface area contributed by atoms with E-state index in [1.807, 2.05) is 12.1 Å². The van der Waals surface area contributed by atoms with Gasteiger partial charge in [0.05, 0.1) is 6.61 Å². The van der Waals surface area contributed by atoms with E-state index in [1.54, 1.807) is 0 Å². The van der Waals surface area contributed by atoms with Gasteiger partial charge in [-0.05, 0) is 36.5 Å². The molecule has 94 valence electrons. The molecule has 0 amide bonds. The van der Waals surface area contributed by atoms with E-state index in [0.717, 1.165) is 11.5 Å². The molecule has 0 unspecified atom stereocenters. The van der Waals surface area contributed by atoms with Crippen molar-refractivity contribution in [2.45, 2.75) is 38.7 Å². The van der Waals surface area contributed by atoms with E-state index in [9.17, 15) is 0 Å². The van der Waals surface area contributed by atoms with Crippen LogP contribution in [0.4, 0.5) is 5.69 Å². The largest absolute Gasteiger partial charge is 0.392 e. The Morgan fingerprint density at radius 2 is 1.76 bits per heavy atom. The second-order valence-electron chi connectivity index (χ2n) is 5.21. The van der Waals surface area contributed by atoms with Gasteiger partial charge < -0.3 is 10.0 Å². The molecule has 0 aliphatic heterocycles. The molecule has 0 radical (unpaired) electrons. The summed E-state index contributed by atoms with van der Waals surface area (Å²) in [5, 5.41) is 9.01. The van der Waals surface area contributed by atoms with E-state index in [2.05, 4.69) is 24.1 Å². The van der Waals surface area contributed by atoms with Gasteiger partial charge in [-0.1, -0.05) is 31.4 Å². The van der Waals surface area contributed by atoms with Crippen LogP contribution in [-0.2, 0) is 6.61 Å². The number of hydrogen-bond acceptors (Lipinski definition) is 2. The Balaban J connectivity index is 1.91. The number of anilines is 1. The summed E-state index contributed by atoms with van der Waals surface area (Å²) >= 11 is 0. The van der Waals surface area contributed by atoms with E-state index in [0.29, 0.717) is 0 Å². The molecule has 0 heterocycles. The summed E-state index contributed by atoms with van der Waals surface area (Å²) in [5.74, 6) is 0.867. The molecule has 0 atom stereocenters. The third-order valence-corrected chi connectivity index (χ3v) is 3.82. The Kier molecular flexibility index (Phi) is 4.43. The molecule has 17 heavy (non-hydrogen) atoms. The Hall–Kier alpha value is -1.02. The lowest BCUT2D eigenvalue weighted by Gasteiger charge is -2.28. The Morgan fingerprint density at radius 3 is 2.35 bits per heavy atom. The second kappa shape index (κ2) is 6.06. The predicted molar refractivity (Wildman–Crippen MR) is 72.2 cm³/mol. The average Bonchev–Trinajstić information content (AvgIpc) is 2.40. The van der Waals surface area contributed by atoms with Crippen molar-refractivity contribution in [1.82, 2.24) is 0 Å². The number of aliphatic hydroxyl groups is 1. The van der Waals surface area contributed by atoms with Crippen molar-refractivity contribution in [1.29, 1.82) is 0 Å². The minimum Gasteiger partial charge on any atom is -0.392 e. The van der Waals surface area contributed by atoms with Gasteiger partial charge in [-0.2, -0.15) is 0 Å². The summed E-state index contributed by atoms with van der Waals surface area (Å²) in [6.07, 6.45) is 7.01. The smallest absolute Gasteiger partial charge is 0.0681 e. The Labute approximate surface area is 104 Å². The van der Waals surface area contributed by atoms with Crippen LogP contribution >= 0.6 is 0 Å². The zero-order valence-electron chi connectivity index (χ0n) is 10.7. The minimum absolute atomic E-state index is 0.132. The van der Waals surface area contributed by atoms with Crippen LogP contribution in [0, 0.1) is 5.92 Å². The van der Waals surface area contributed by atoms with E-state index in [-0.39, 0.29) is 6.61 Å². The molecule has 1 saturated carbocycles. The van der Waals surface area contributed by atoms with Crippen LogP contribution in [0.15, 0.2) is 24.3 Å². The van der Waals surface area contributed by atoms with Crippen molar-refractivity contribution in [2.24, 2.45) is 5.92 Å². The first kappa shape index (κ1) is 12.4. The SMILES string of the molecule is CN(CC1CCCCC1)c1ccc(CO)cc1. The molecule has 1 aliphatic rings. The van der Waals surface area contributed by atoms with E-state index < -0.39 is 0 Å². The highest BCUT2D eigenvalue weighted by molar-refractivity contribution is 5.46. The molecular weight excluding hydrogens is 210 g/mol. The number of hydrogen-bond donors (Lipinski definition) is 1. The predicted octanol–water partition coefficient (Wildman–Crippen LogP) is 3.20. The summed E-state index contributed by atoms with van der Waals surface area (Å²) in [6, 6.07) is 8.22. The van der Waals surface area contributed by atoms with E-state index in [1.165, 1.54) is 44.3 Å². The van der Waals surface area contributed by atoms with Crippen LogP contribution in [0.25, 0.3) is 0 Å². The summed E-state index contributed by atoms with van der Waals surface area (Å²) in [4.78, 5) is 2.34. The van der Waals surface area contributed by atoms with Crippen molar-refractivity contribution < 1.29 is 5.11 Å². The monoisotopic (exact) mass is 233 g/mol. The van der Waals surface area contributed by atoms with Crippen LogP contribution in [0.3, 0.4) is 0 Å². The number of rotatable bonds is 4. The number of benzene rings is 1. The number of nitrogens with zero attached hydrogens (tertiary/aromatic N) is 1. The molecule has 2 nitrogen and oxygen atoms in total. The third-order valence-electron chi connectivity index (χ3n) is 3.82. The molecule has 0 bridgehead atoms. The van der Waals surface area contributed by atoms with Crippen LogP contribution in [0.1, 0.15) is 37.7 Å². The Bertz CT molecular complexity index is 327. The first-order valence-electron chi connectivity index (χ1n) is 6.70. The van der Waals surface area contributed by atoms with Gasteiger partial charge in [0, 0.05) is 19.3 Å². The molecule has 2 heteroatoms. The van der Waals surface area contributed by atoms with Crippen molar-refractivity contribution in [2.75, 3.05) is 18.5 Å². The van der Waals surface area contributed by atoms with Crippen LogP contribution in [0.2, 0.25) is 0 Å². The van der Waals surface area contributed by atoms with Gasteiger partial charge in [-0.15, -0.1) is 0 Å². The quantitative estimate of drug-likeness (QED) is 0.863. The van der Waals surface area contributed by atoms with Crippen LogP contribution in [-0.4, -0.2) is 18.7 Å². The molecular formula is C15H23NO. The standard InChI is InChI=1S/C15H23NO/c1-16(11-13-5-3-2-4-6-13)15-9-7-14(12-17)8-10-15/h7-10,13,17H,2-6,11-12H2,1H3. The molecule has 1 N–H and O–H groups in total. The average molecular weight is 233 g/mol. The molecule has 1 aliphatic carbocycles. The van der Waals surface area contributed by atoms with Gasteiger partial charge in [0.15, 0.2) is 0 Å². The summed E-state index contributed by atoms with van der Waals surface area (Å²) in [6.45, 7) is 1.30. The zero-order valence-corrected chi connectivity index (χ0v) is 10.7. The summed E-state index contributed by atoms with van der Waals surface area (Å²) < 4.78 is 0. The first-order valence-corrected chi connectivity index (χ1v) is 6.70. The fraction of sp³-hybridized carbons (Fsp3) is 0.600. The highest BCUT2D eigenvalue weighted by Gasteiger charge is 2.15. The van der Waals surface area contributed by atoms with Crippen molar-refractivity contribution in [3.8, 4) is 0 Å². The Morgan fingerprint density at radius 1 is 1.12 bits per heavy atom. The zero-order chi connectivity index (χ0) is 12.1. The summed E-state index contributed by atoms with van der Waals surface area (Å²) in [7, 11) is 2.17. The maximum absolute atomic E-state index is 9.01. The van der Waals surface area contributed by atoms with Gasteiger partial charge >= 0.3 is 0 Å². The molecule has 0 spiro atoms. The van der Waals surface area contributed by atoms with Crippen molar-refractivity contribution >= 4 is 5.69 Å². The lowest BCUT2D eigenvalue weighted by atomic mass is 9.89. The van der Waals surface area contributed by atoms with Gasteiger partial charge in [-0.25, -0.2) is 0 Å². The molecule has 1 fully saturated rings. The molecule has 0 aromatic heterocycles. The lowest BCUT2D eigenvalue weighted by molar-refractivity contribution is 0.282. The molecule has 1 aromatic rings. The van der Waals surface area contributed by atoms with Gasteiger partial charge in [0.1, 0.15) is 0 Å². The fourth-order valence-corrected chi connectivity index (χ4v) is 2.72. The van der Waals surface area contributed by atoms with Crippen LogP contribution in [0.5, 0.6) is 0 Å². The first-order chi connectivity index (χ1) is 8.29. The molecule has 0 saturated heterocycles. The van der Waals surface area contributed by atoms with Crippen LogP contribution < -0.4 is 4.90 Å². The fourth-order valence-electron chi connectivity index (χ4n) is 2.72. The van der Waals surface area contributed by atoms with E-state index >= 15 is 0 Å². The highest BCUT2D eigenvalue weighted by Crippen LogP contribution is 2.25.